The number of nitrogens with zero attached hydrogens (tertiary/aromatic N) is 4. The van der Waals surface area contributed by atoms with Crippen molar-refractivity contribution in [2.75, 3.05) is 0 Å². The van der Waals surface area contributed by atoms with Crippen molar-refractivity contribution < 1.29 is 0 Å². The van der Waals surface area contributed by atoms with E-state index in [1.165, 1.54) is 0 Å². The van der Waals surface area contributed by atoms with Crippen LogP contribution in [0.25, 0.3) is 5.82 Å². The summed E-state index contributed by atoms with van der Waals surface area (Å²) in [5.74, 6) is 0.641. The van der Waals surface area contributed by atoms with E-state index in [-0.39, 0.29) is 0 Å². The van der Waals surface area contributed by atoms with Crippen molar-refractivity contribution in [3.63, 3.8) is 0 Å². The molecule has 15 heavy (non-hydrogen) atoms. The van der Waals surface area contributed by atoms with Crippen molar-refractivity contribution >= 4 is 11.6 Å². The molecule has 2 rings (SSSR count). The molecule has 0 atom stereocenters. The second kappa shape index (κ2) is 3.62. The topological polar surface area (TPSA) is 43.6 Å². The number of halogens is 1. The first-order valence-corrected chi connectivity index (χ1v) is 5.00. The molecule has 0 aliphatic heterocycles. The summed E-state index contributed by atoms with van der Waals surface area (Å²) >= 11 is 6.12. The quantitative estimate of drug-likeness (QED) is 0.743. The van der Waals surface area contributed by atoms with E-state index in [1.807, 2.05) is 32.9 Å². The Labute approximate surface area is 92.9 Å². The third-order valence-corrected chi connectivity index (χ3v) is 2.73. The number of hydrogen-bond donors (Lipinski definition) is 0. The summed E-state index contributed by atoms with van der Waals surface area (Å²) in [6.07, 6.45) is 0. The van der Waals surface area contributed by atoms with Gasteiger partial charge in [0.05, 0.1) is 11.4 Å². The highest BCUT2D eigenvalue weighted by atomic mass is 35.5. The molecule has 0 amide bonds. The molecule has 2 aromatic rings. The summed E-state index contributed by atoms with van der Waals surface area (Å²) < 4.78 is 1.60. The molecule has 0 saturated carbocycles. The lowest BCUT2D eigenvalue weighted by molar-refractivity contribution is 0.797. The zero-order valence-corrected chi connectivity index (χ0v) is 9.58. The fourth-order valence-corrected chi connectivity index (χ4v) is 1.49. The largest absolute Gasteiger partial charge is 0.202 e. The van der Waals surface area contributed by atoms with Crippen LogP contribution in [0.3, 0.4) is 0 Å². The highest BCUT2D eigenvalue weighted by Gasteiger charge is 2.11. The molecule has 0 N–H and O–H groups in total. The van der Waals surface area contributed by atoms with E-state index in [2.05, 4.69) is 15.3 Å². The van der Waals surface area contributed by atoms with Crippen LogP contribution >= 0.6 is 11.6 Å². The van der Waals surface area contributed by atoms with Gasteiger partial charge in [-0.15, -0.1) is 5.10 Å². The van der Waals surface area contributed by atoms with E-state index >= 15 is 0 Å². The summed E-state index contributed by atoms with van der Waals surface area (Å²) in [6.45, 7) is 5.74. The molecular formula is C10H11ClN4. The maximum absolute atomic E-state index is 6.12. The Hall–Kier alpha value is -1.42. The van der Waals surface area contributed by atoms with Crippen LogP contribution in [0.2, 0.25) is 5.15 Å². The number of aryl methyl sites for hydroxylation is 2. The van der Waals surface area contributed by atoms with E-state index in [1.54, 1.807) is 4.68 Å². The van der Waals surface area contributed by atoms with Crippen LogP contribution in [0.4, 0.5) is 0 Å². The maximum atomic E-state index is 6.12. The Morgan fingerprint density at radius 2 is 1.87 bits per heavy atom. The summed E-state index contributed by atoms with van der Waals surface area (Å²) in [5.41, 5.74) is 2.75. The summed E-state index contributed by atoms with van der Waals surface area (Å²) in [4.78, 5) is 0. The second-order valence-corrected chi connectivity index (χ2v) is 3.80. The molecule has 0 aromatic carbocycles. The number of aromatic nitrogens is 4. The molecule has 0 radical (unpaired) electrons. The standard InChI is InChI=1S/C10H11ClN4/c1-6-4-5-9(13-12-6)15-10(11)7(2)8(3)14-15/h4-5H,1-3H3. The number of rotatable bonds is 1. The lowest BCUT2D eigenvalue weighted by Gasteiger charge is -2.00. The molecule has 4 nitrogen and oxygen atoms in total. The monoisotopic (exact) mass is 222 g/mol. The van der Waals surface area contributed by atoms with Gasteiger partial charge in [-0.05, 0) is 32.9 Å². The van der Waals surface area contributed by atoms with Crippen molar-refractivity contribution in [3.8, 4) is 5.82 Å². The third kappa shape index (κ3) is 1.72. The smallest absolute Gasteiger partial charge is 0.177 e. The predicted molar refractivity (Wildman–Crippen MR) is 58.4 cm³/mol. The lowest BCUT2D eigenvalue weighted by Crippen LogP contribution is -2.01. The van der Waals surface area contributed by atoms with Crippen molar-refractivity contribution in [3.05, 3.63) is 34.2 Å². The van der Waals surface area contributed by atoms with Crippen LogP contribution in [0.5, 0.6) is 0 Å². The van der Waals surface area contributed by atoms with Gasteiger partial charge in [-0.1, -0.05) is 11.6 Å². The normalized spacial score (nSPS) is 10.7. The van der Waals surface area contributed by atoms with Gasteiger partial charge in [-0.3, -0.25) is 0 Å². The molecule has 0 bridgehead atoms. The Morgan fingerprint density at radius 1 is 1.13 bits per heavy atom. The molecular weight excluding hydrogens is 212 g/mol. The van der Waals surface area contributed by atoms with Crippen LogP contribution in [0.1, 0.15) is 17.0 Å². The fraction of sp³-hybridized carbons (Fsp3) is 0.300. The molecule has 0 aliphatic rings. The minimum atomic E-state index is 0.589. The van der Waals surface area contributed by atoms with Gasteiger partial charge in [0, 0.05) is 5.56 Å². The predicted octanol–water partition coefficient (Wildman–Crippen LogP) is 2.24. The minimum Gasteiger partial charge on any atom is -0.202 e. The molecule has 2 heterocycles. The molecule has 0 spiro atoms. The van der Waals surface area contributed by atoms with Crippen LogP contribution in [0.15, 0.2) is 12.1 Å². The van der Waals surface area contributed by atoms with E-state index in [9.17, 15) is 0 Å². The Kier molecular flexibility index (Phi) is 2.44. The average molecular weight is 223 g/mol. The summed E-state index contributed by atoms with van der Waals surface area (Å²) in [6, 6.07) is 3.73. The van der Waals surface area contributed by atoms with Gasteiger partial charge in [-0.2, -0.15) is 10.2 Å². The Morgan fingerprint density at radius 3 is 2.33 bits per heavy atom. The SMILES string of the molecule is Cc1ccc(-n2nc(C)c(C)c2Cl)nn1. The van der Waals surface area contributed by atoms with Crippen molar-refractivity contribution in [1.82, 2.24) is 20.0 Å². The lowest BCUT2D eigenvalue weighted by atomic mass is 10.3. The molecule has 0 saturated heterocycles. The Bertz CT molecular complexity index is 487. The fourth-order valence-electron chi connectivity index (χ4n) is 1.23. The van der Waals surface area contributed by atoms with Gasteiger partial charge in [0.25, 0.3) is 0 Å². The zero-order valence-electron chi connectivity index (χ0n) is 8.82. The second-order valence-electron chi connectivity index (χ2n) is 3.45. The highest BCUT2D eigenvalue weighted by Crippen LogP contribution is 2.20. The summed E-state index contributed by atoms with van der Waals surface area (Å²) in [7, 11) is 0. The number of hydrogen-bond acceptors (Lipinski definition) is 3. The van der Waals surface area contributed by atoms with Crippen molar-refractivity contribution in [1.29, 1.82) is 0 Å². The van der Waals surface area contributed by atoms with E-state index in [0.29, 0.717) is 11.0 Å². The average Bonchev–Trinajstić information content (AvgIpc) is 2.47. The van der Waals surface area contributed by atoms with Gasteiger partial charge in [0.2, 0.25) is 0 Å². The molecule has 0 unspecified atom stereocenters. The van der Waals surface area contributed by atoms with Crippen molar-refractivity contribution in [2.45, 2.75) is 20.8 Å². The zero-order chi connectivity index (χ0) is 11.0. The van der Waals surface area contributed by atoms with E-state index in [0.717, 1.165) is 17.0 Å². The van der Waals surface area contributed by atoms with Gasteiger partial charge in [0.1, 0.15) is 5.15 Å². The van der Waals surface area contributed by atoms with Crippen LogP contribution in [-0.4, -0.2) is 20.0 Å². The van der Waals surface area contributed by atoms with E-state index < -0.39 is 0 Å². The minimum absolute atomic E-state index is 0.589. The van der Waals surface area contributed by atoms with Crippen molar-refractivity contribution in [2.24, 2.45) is 0 Å². The highest BCUT2D eigenvalue weighted by molar-refractivity contribution is 6.30. The molecule has 5 heteroatoms. The van der Waals surface area contributed by atoms with E-state index in [4.69, 9.17) is 11.6 Å². The first-order chi connectivity index (χ1) is 7.09. The molecule has 0 aliphatic carbocycles. The van der Waals surface area contributed by atoms with Gasteiger partial charge >= 0.3 is 0 Å². The third-order valence-electron chi connectivity index (χ3n) is 2.29. The van der Waals surface area contributed by atoms with Gasteiger partial charge in [-0.25, -0.2) is 4.68 Å². The Balaban J connectivity index is 2.54. The summed E-state index contributed by atoms with van der Waals surface area (Å²) in [5, 5.41) is 12.9. The van der Waals surface area contributed by atoms with Gasteiger partial charge < -0.3 is 0 Å². The molecule has 78 valence electrons. The molecule has 0 fully saturated rings. The van der Waals surface area contributed by atoms with Crippen LogP contribution in [0, 0.1) is 20.8 Å². The van der Waals surface area contributed by atoms with Crippen LogP contribution in [-0.2, 0) is 0 Å². The van der Waals surface area contributed by atoms with Gasteiger partial charge in [0.15, 0.2) is 5.82 Å². The first kappa shape index (κ1) is 10.1. The van der Waals surface area contributed by atoms with Crippen LogP contribution < -0.4 is 0 Å². The maximum Gasteiger partial charge on any atom is 0.177 e. The first-order valence-electron chi connectivity index (χ1n) is 4.62. The molecule has 2 aromatic heterocycles.